The van der Waals surface area contributed by atoms with Crippen LogP contribution in [0.2, 0.25) is 0 Å². The summed E-state index contributed by atoms with van der Waals surface area (Å²) in [6, 6.07) is 24.4. The normalized spacial score (nSPS) is 21.9. The highest BCUT2D eigenvalue weighted by atomic mass is 32.2. The van der Waals surface area contributed by atoms with Gasteiger partial charge in [0.15, 0.2) is 5.78 Å². The van der Waals surface area contributed by atoms with Gasteiger partial charge in [-0.3, -0.25) is 9.10 Å². The topological polar surface area (TPSA) is 54.5 Å². The van der Waals surface area contributed by atoms with Gasteiger partial charge in [-0.25, -0.2) is 8.42 Å². The molecule has 1 atom stereocenters. The number of nitrogens with zero attached hydrogens (tertiary/aromatic N) is 1. The molecule has 33 heavy (non-hydrogen) atoms. The van der Waals surface area contributed by atoms with Crippen LogP contribution < -0.4 is 0 Å². The minimum atomic E-state index is -3.80. The Kier molecular flexibility index (Phi) is 5.45. The lowest BCUT2D eigenvalue weighted by Crippen LogP contribution is -2.34. The summed E-state index contributed by atoms with van der Waals surface area (Å²) in [4.78, 5) is 14.3. The molecule has 4 nitrogen and oxygen atoms in total. The van der Waals surface area contributed by atoms with Crippen LogP contribution in [0.5, 0.6) is 0 Å². The Morgan fingerprint density at radius 1 is 0.879 bits per heavy atom. The highest BCUT2D eigenvalue weighted by Crippen LogP contribution is 2.51. The molecule has 1 spiro atoms. The molecule has 1 aliphatic carbocycles. The molecular formula is C28H27NO3S. The van der Waals surface area contributed by atoms with E-state index in [0.29, 0.717) is 25.1 Å². The monoisotopic (exact) mass is 457 g/mol. The van der Waals surface area contributed by atoms with E-state index in [4.69, 9.17) is 0 Å². The molecule has 1 saturated heterocycles. The second kappa shape index (κ2) is 8.31. The van der Waals surface area contributed by atoms with E-state index in [-0.39, 0.29) is 10.7 Å². The largest absolute Gasteiger partial charge is 0.293 e. The number of aryl methyl sites for hydroxylation is 2. The van der Waals surface area contributed by atoms with Crippen molar-refractivity contribution < 1.29 is 13.2 Å². The van der Waals surface area contributed by atoms with Crippen LogP contribution in [0.3, 0.4) is 0 Å². The fraction of sp³-hybridized carbons (Fsp3) is 0.250. The van der Waals surface area contributed by atoms with E-state index < -0.39 is 15.4 Å². The SMILES string of the molecule is Cc1ccc(S(=O)(=O)N2CC[C@]3(CCCc4ccccc4C3=O)/C2=C\c2ccccc2)cc1. The van der Waals surface area contributed by atoms with Crippen molar-refractivity contribution in [2.24, 2.45) is 5.41 Å². The van der Waals surface area contributed by atoms with E-state index in [1.54, 1.807) is 12.1 Å². The summed E-state index contributed by atoms with van der Waals surface area (Å²) >= 11 is 0. The molecule has 3 aromatic carbocycles. The average Bonchev–Trinajstić information content (AvgIpc) is 3.12. The summed E-state index contributed by atoms with van der Waals surface area (Å²) in [7, 11) is -3.80. The number of Topliss-reactive ketones (excluding diaryl/α,β-unsaturated/α-hetero) is 1. The quantitative estimate of drug-likeness (QED) is 0.512. The number of hydrogen-bond donors (Lipinski definition) is 0. The zero-order valence-electron chi connectivity index (χ0n) is 18.7. The Bertz CT molecular complexity index is 1330. The molecule has 1 fully saturated rings. The van der Waals surface area contributed by atoms with Crippen molar-refractivity contribution in [3.63, 3.8) is 0 Å². The molecular weight excluding hydrogens is 430 g/mol. The number of hydrogen-bond acceptors (Lipinski definition) is 3. The highest BCUT2D eigenvalue weighted by Gasteiger charge is 2.52. The molecule has 1 heterocycles. The Hall–Kier alpha value is -3.18. The number of carbonyl (C=O) groups excluding carboxylic acids is 1. The summed E-state index contributed by atoms with van der Waals surface area (Å²) in [5.41, 5.74) is 3.42. The number of ketones is 1. The van der Waals surface area contributed by atoms with Gasteiger partial charge in [-0.05, 0) is 61.9 Å². The maximum atomic E-state index is 14.1. The molecule has 0 bridgehead atoms. The minimum Gasteiger partial charge on any atom is -0.293 e. The predicted molar refractivity (Wildman–Crippen MR) is 130 cm³/mol. The molecule has 0 N–H and O–H groups in total. The molecule has 2 aliphatic rings. The van der Waals surface area contributed by atoms with Gasteiger partial charge in [0.05, 0.1) is 10.3 Å². The zero-order chi connectivity index (χ0) is 23.1. The molecule has 1 aliphatic heterocycles. The summed E-state index contributed by atoms with van der Waals surface area (Å²) in [6.45, 7) is 2.23. The summed E-state index contributed by atoms with van der Waals surface area (Å²) in [5, 5.41) is 0. The van der Waals surface area contributed by atoms with Crippen LogP contribution in [0.4, 0.5) is 0 Å². The van der Waals surface area contributed by atoms with Crippen LogP contribution in [-0.4, -0.2) is 25.1 Å². The molecule has 3 aromatic rings. The van der Waals surface area contributed by atoms with Crippen LogP contribution in [-0.2, 0) is 16.4 Å². The number of sulfonamides is 1. The van der Waals surface area contributed by atoms with Gasteiger partial charge in [-0.15, -0.1) is 0 Å². The number of benzene rings is 3. The van der Waals surface area contributed by atoms with Crippen LogP contribution in [0, 0.1) is 12.3 Å². The fourth-order valence-electron chi connectivity index (χ4n) is 5.18. The van der Waals surface area contributed by atoms with Gasteiger partial charge in [0.2, 0.25) is 0 Å². The first-order valence-electron chi connectivity index (χ1n) is 11.4. The van der Waals surface area contributed by atoms with E-state index in [0.717, 1.165) is 35.1 Å². The third kappa shape index (κ3) is 3.70. The molecule has 0 radical (unpaired) electrons. The predicted octanol–water partition coefficient (Wildman–Crippen LogP) is 5.64. The molecule has 5 heteroatoms. The van der Waals surface area contributed by atoms with Crippen molar-refractivity contribution in [3.05, 3.63) is 107 Å². The third-order valence-corrected chi connectivity index (χ3v) is 8.79. The van der Waals surface area contributed by atoms with Crippen molar-refractivity contribution in [1.82, 2.24) is 4.31 Å². The molecule has 0 unspecified atom stereocenters. The van der Waals surface area contributed by atoms with Gasteiger partial charge < -0.3 is 0 Å². The van der Waals surface area contributed by atoms with Crippen LogP contribution >= 0.6 is 0 Å². The van der Waals surface area contributed by atoms with Crippen molar-refractivity contribution >= 4 is 21.9 Å². The average molecular weight is 458 g/mol. The van der Waals surface area contributed by atoms with Gasteiger partial charge in [0, 0.05) is 17.8 Å². The Labute approximate surface area is 195 Å². The van der Waals surface area contributed by atoms with E-state index >= 15 is 0 Å². The lowest BCUT2D eigenvalue weighted by atomic mass is 9.74. The first kappa shape index (κ1) is 21.7. The summed E-state index contributed by atoms with van der Waals surface area (Å²) in [6.07, 6.45) is 4.70. The first-order chi connectivity index (χ1) is 15.9. The summed E-state index contributed by atoms with van der Waals surface area (Å²) in [5.74, 6) is 0.0411. The maximum Gasteiger partial charge on any atom is 0.264 e. The number of rotatable bonds is 3. The van der Waals surface area contributed by atoms with E-state index in [1.807, 2.05) is 79.7 Å². The van der Waals surface area contributed by atoms with Crippen molar-refractivity contribution in [2.45, 2.75) is 37.5 Å². The van der Waals surface area contributed by atoms with Gasteiger partial charge in [-0.1, -0.05) is 72.3 Å². The number of fused-ring (bicyclic) bond motifs is 1. The minimum absolute atomic E-state index is 0.0411. The molecule has 168 valence electrons. The lowest BCUT2D eigenvalue weighted by Gasteiger charge is -2.31. The van der Waals surface area contributed by atoms with Crippen LogP contribution in [0.25, 0.3) is 6.08 Å². The Morgan fingerprint density at radius 2 is 1.58 bits per heavy atom. The maximum absolute atomic E-state index is 14.1. The van der Waals surface area contributed by atoms with Crippen molar-refractivity contribution in [1.29, 1.82) is 0 Å². The van der Waals surface area contributed by atoms with Crippen LogP contribution in [0.1, 0.15) is 46.3 Å². The van der Waals surface area contributed by atoms with Crippen molar-refractivity contribution in [2.75, 3.05) is 6.54 Å². The first-order valence-corrected chi connectivity index (χ1v) is 12.9. The van der Waals surface area contributed by atoms with E-state index in [1.165, 1.54) is 4.31 Å². The third-order valence-electron chi connectivity index (χ3n) is 6.96. The molecule has 0 amide bonds. The second-order valence-corrected chi connectivity index (χ2v) is 10.9. The van der Waals surface area contributed by atoms with Crippen LogP contribution in [0.15, 0.2) is 89.5 Å². The number of carbonyl (C=O) groups is 1. The van der Waals surface area contributed by atoms with E-state index in [2.05, 4.69) is 0 Å². The zero-order valence-corrected chi connectivity index (χ0v) is 19.5. The molecule has 0 aromatic heterocycles. The Morgan fingerprint density at radius 3 is 2.33 bits per heavy atom. The van der Waals surface area contributed by atoms with Gasteiger partial charge in [-0.2, -0.15) is 0 Å². The Balaban J connectivity index is 1.68. The summed E-state index contributed by atoms with van der Waals surface area (Å²) < 4.78 is 29.1. The second-order valence-electron chi connectivity index (χ2n) is 9.00. The smallest absolute Gasteiger partial charge is 0.264 e. The van der Waals surface area contributed by atoms with Crippen molar-refractivity contribution in [3.8, 4) is 0 Å². The number of allylic oxidation sites excluding steroid dienone is 1. The van der Waals surface area contributed by atoms with Gasteiger partial charge >= 0.3 is 0 Å². The standard InChI is InChI=1S/C28H27NO3S/c1-21-13-15-24(16-14-21)33(31,32)29-19-18-28(26(29)20-22-8-3-2-4-9-22)17-7-11-23-10-5-6-12-25(23)27(28)30/h2-6,8-10,12-16,20H,7,11,17-19H2,1H3/b26-20+/t28-/m1/s1. The molecule has 5 rings (SSSR count). The fourth-order valence-corrected chi connectivity index (χ4v) is 6.73. The van der Waals surface area contributed by atoms with Gasteiger partial charge in [0.25, 0.3) is 10.0 Å². The van der Waals surface area contributed by atoms with Gasteiger partial charge in [0.1, 0.15) is 0 Å². The lowest BCUT2D eigenvalue weighted by molar-refractivity contribution is 0.0837. The van der Waals surface area contributed by atoms with E-state index in [9.17, 15) is 13.2 Å². The molecule has 0 saturated carbocycles. The highest BCUT2D eigenvalue weighted by molar-refractivity contribution is 7.89.